The number of rotatable bonds is 4. The van der Waals surface area contributed by atoms with Crippen LogP contribution in [0, 0.1) is 11.7 Å². The van der Waals surface area contributed by atoms with Gasteiger partial charge in [-0.2, -0.15) is 4.31 Å². The number of nitrogens with zero attached hydrogens (tertiary/aromatic N) is 1. The molecule has 1 aromatic rings. The Morgan fingerprint density at radius 2 is 2.00 bits per heavy atom. The summed E-state index contributed by atoms with van der Waals surface area (Å²) in [5.41, 5.74) is 0.240. The van der Waals surface area contributed by atoms with Gasteiger partial charge >= 0.3 is 0 Å². The van der Waals surface area contributed by atoms with Crippen molar-refractivity contribution in [1.82, 2.24) is 4.31 Å². The molecule has 1 saturated heterocycles. The van der Waals surface area contributed by atoms with E-state index in [9.17, 15) is 17.9 Å². The van der Waals surface area contributed by atoms with E-state index in [1.807, 2.05) is 0 Å². The Bertz CT molecular complexity index is 566. The molecule has 4 nitrogen and oxygen atoms in total. The van der Waals surface area contributed by atoms with Crippen LogP contribution in [0.5, 0.6) is 0 Å². The van der Waals surface area contributed by atoms with Crippen molar-refractivity contribution in [2.45, 2.75) is 37.7 Å². The molecule has 2 rings (SSSR count). The van der Waals surface area contributed by atoms with E-state index in [1.54, 1.807) is 0 Å². The molecule has 1 fully saturated rings. The highest BCUT2D eigenvalue weighted by molar-refractivity contribution is 7.89. The average molecular weight is 301 g/mol. The van der Waals surface area contributed by atoms with Crippen molar-refractivity contribution in [3.63, 3.8) is 0 Å². The van der Waals surface area contributed by atoms with Gasteiger partial charge in [-0.1, -0.05) is 19.4 Å². The molecule has 1 heterocycles. The summed E-state index contributed by atoms with van der Waals surface area (Å²) in [5.74, 6) is -0.0458. The smallest absolute Gasteiger partial charge is 0.243 e. The Hall–Kier alpha value is -0.980. The summed E-state index contributed by atoms with van der Waals surface area (Å²) in [6.07, 6.45) is 2.72. The minimum atomic E-state index is -3.73. The number of hydrogen-bond acceptors (Lipinski definition) is 3. The third-order valence-corrected chi connectivity index (χ3v) is 5.95. The number of benzene rings is 1. The molecule has 0 atom stereocenters. The Balaban J connectivity index is 2.29. The van der Waals surface area contributed by atoms with Gasteiger partial charge in [0.05, 0.1) is 11.5 Å². The molecule has 0 aromatic heterocycles. The summed E-state index contributed by atoms with van der Waals surface area (Å²) in [6.45, 7) is 2.61. The van der Waals surface area contributed by atoms with E-state index in [2.05, 4.69) is 6.92 Å². The topological polar surface area (TPSA) is 57.6 Å². The van der Waals surface area contributed by atoms with Gasteiger partial charge in [-0.15, -0.1) is 0 Å². The van der Waals surface area contributed by atoms with Crippen molar-refractivity contribution in [3.05, 3.63) is 29.6 Å². The standard InChI is InChI=1S/C14H20FNO3S/c1-2-11-5-7-16(8-6-11)20(18,19)14-9-13(15)4-3-12(14)10-17/h3-4,9,11,17H,2,5-8,10H2,1H3. The molecule has 0 amide bonds. The number of hydrogen-bond donors (Lipinski definition) is 1. The number of halogens is 1. The second-order valence-corrected chi connectivity index (χ2v) is 7.07. The molecule has 6 heteroatoms. The maximum atomic E-state index is 13.3. The van der Waals surface area contributed by atoms with Gasteiger partial charge in [0.1, 0.15) is 5.82 Å². The SMILES string of the molecule is CCC1CCN(S(=O)(=O)c2cc(F)ccc2CO)CC1. The summed E-state index contributed by atoms with van der Waals surface area (Å²) in [6, 6.07) is 3.47. The first-order valence-corrected chi connectivity index (χ1v) is 8.32. The van der Waals surface area contributed by atoms with E-state index < -0.39 is 22.4 Å². The summed E-state index contributed by atoms with van der Waals surface area (Å²) in [7, 11) is -3.73. The predicted molar refractivity (Wildman–Crippen MR) is 74.1 cm³/mol. The Kier molecular flexibility index (Phi) is 4.78. The third-order valence-electron chi connectivity index (χ3n) is 3.97. The maximum Gasteiger partial charge on any atom is 0.243 e. The second-order valence-electron chi connectivity index (χ2n) is 5.17. The molecule has 1 aromatic carbocycles. The van der Waals surface area contributed by atoms with Crippen molar-refractivity contribution in [1.29, 1.82) is 0 Å². The normalized spacial score (nSPS) is 18.4. The van der Waals surface area contributed by atoms with Crippen LogP contribution in [0.15, 0.2) is 23.1 Å². The summed E-state index contributed by atoms with van der Waals surface area (Å²) < 4.78 is 39.9. The fourth-order valence-corrected chi connectivity index (χ4v) is 4.29. The molecule has 20 heavy (non-hydrogen) atoms. The molecule has 1 aliphatic heterocycles. The molecule has 0 spiro atoms. The Labute approximate surface area is 119 Å². The molecule has 0 saturated carbocycles. The zero-order chi connectivity index (χ0) is 14.8. The maximum absolute atomic E-state index is 13.3. The van der Waals surface area contributed by atoms with Crippen LogP contribution in [0.2, 0.25) is 0 Å². The number of aliphatic hydroxyl groups is 1. The van der Waals surface area contributed by atoms with Crippen LogP contribution in [0.4, 0.5) is 4.39 Å². The summed E-state index contributed by atoms with van der Waals surface area (Å²) >= 11 is 0. The van der Waals surface area contributed by atoms with E-state index in [1.165, 1.54) is 10.4 Å². The fraction of sp³-hybridized carbons (Fsp3) is 0.571. The molecule has 0 bridgehead atoms. The van der Waals surface area contributed by atoms with Crippen LogP contribution >= 0.6 is 0 Å². The van der Waals surface area contributed by atoms with Crippen molar-refractivity contribution in [3.8, 4) is 0 Å². The van der Waals surface area contributed by atoms with E-state index in [4.69, 9.17) is 0 Å². The van der Waals surface area contributed by atoms with Crippen molar-refractivity contribution in [2.75, 3.05) is 13.1 Å². The van der Waals surface area contributed by atoms with Gasteiger partial charge in [0.2, 0.25) is 10.0 Å². The lowest BCUT2D eigenvalue weighted by Gasteiger charge is -2.31. The van der Waals surface area contributed by atoms with Crippen molar-refractivity contribution < 1.29 is 17.9 Å². The molecule has 112 valence electrons. The molecule has 0 radical (unpaired) electrons. The first-order chi connectivity index (χ1) is 9.48. The first-order valence-electron chi connectivity index (χ1n) is 6.88. The fourth-order valence-electron chi connectivity index (χ4n) is 2.60. The van der Waals surface area contributed by atoms with Crippen molar-refractivity contribution >= 4 is 10.0 Å². The number of aliphatic hydroxyl groups excluding tert-OH is 1. The second kappa shape index (κ2) is 6.20. The Morgan fingerprint density at radius 3 is 2.55 bits per heavy atom. The van der Waals surface area contributed by atoms with E-state index in [-0.39, 0.29) is 10.5 Å². The van der Waals surface area contributed by atoms with Gasteiger partial charge in [0.15, 0.2) is 0 Å². The van der Waals surface area contributed by atoms with Crippen molar-refractivity contribution in [2.24, 2.45) is 5.92 Å². The number of sulfonamides is 1. The van der Waals surface area contributed by atoms with E-state index >= 15 is 0 Å². The van der Waals surface area contributed by atoms with Crippen LogP contribution in [0.1, 0.15) is 31.7 Å². The van der Waals surface area contributed by atoms with E-state index in [0.717, 1.165) is 31.4 Å². The van der Waals surface area contributed by atoms with Gasteiger partial charge in [-0.3, -0.25) is 0 Å². The molecule has 0 unspecified atom stereocenters. The molecular formula is C14H20FNO3S. The molecular weight excluding hydrogens is 281 g/mol. The first kappa shape index (κ1) is 15.4. The van der Waals surface area contributed by atoms with Gasteiger partial charge < -0.3 is 5.11 Å². The Morgan fingerprint density at radius 1 is 1.35 bits per heavy atom. The highest BCUT2D eigenvalue weighted by Crippen LogP contribution is 2.27. The lowest BCUT2D eigenvalue weighted by molar-refractivity contribution is 0.265. The highest BCUT2D eigenvalue weighted by atomic mass is 32.2. The van der Waals surface area contributed by atoms with E-state index in [0.29, 0.717) is 19.0 Å². The zero-order valence-corrected chi connectivity index (χ0v) is 12.4. The summed E-state index contributed by atoms with van der Waals surface area (Å²) in [5, 5.41) is 9.25. The summed E-state index contributed by atoms with van der Waals surface area (Å²) in [4.78, 5) is -0.116. The van der Waals surface area contributed by atoms with Crippen LogP contribution in [-0.2, 0) is 16.6 Å². The third kappa shape index (κ3) is 3.02. The lowest BCUT2D eigenvalue weighted by atomic mass is 9.96. The molecule has 1 N–H and O–H groups in total. The van der Waals surface area contributed by atoms with Crippen LogP contribution in [-0.4, -0.2) is 30.9 Å². The van der Waals surface area contributed by atoms with Gasteiger partial charge in [-0.05, 0) is 36.5 Å². The van der Waals surface area contributed by atoms with Crippen LogP contribution in [0.3, 0.4) is 0 Å². The minimum Gasteiger partial charge on any atom is -0.392 e. The highest BCUT2D eigenvalue weighted by Gasteiger charge is 2.30. The quantitative estimate of drug-likeness (QED) is 0.927. The van der Waals surface area contributed by atoms with Gasteiger partial charge in [-0.25, -0.2) is 12.8 Å². The zero-order valence-electron chi connectivity index (χ0n) is 11.5. The van der Waals surface area contributed by atoms with Gasteiger partial charge in [0, 0.05) is 13.1 Å². The average Bonchev–Trinajstić information content (AvgIpc) is 2.47. The van der Waals surface area contributed by atoms with Gasteiger partial charge in [0.25, 0.3) is 0 Å². The van der Waals surface area contributed by atoms with Crippen LogP contribution in [0.25, 0.3) is 0 Å². The lowest BCUT2D eigenvalue weighted by Crippen LogP contribution is -2.38. The van der Waals surface area contributed by atoms with Crippen LogP contribution < -0.4 is 0 Å². The number of piperidine rings is 1. The minimum absolute atomic E-state index is 0.116. The molecule has 0 aliphatic carbocycles. The molecule has 1 aliphatic rings. The monoisotopic (exact) mass is 301 g/mol. The largest absolute Gasteiger partial charge is 0.392 e. The predicted octanol–water partition coefficient (Wildman–Crippen LogP) is 2.13.